The first kappa shape index (κ1) is 18.1. The predicted octanol–water partition coefficient (Wildman–Crippen LogP) is 3.47. The zero-order valence-electron chi connectivity index (χ0n) is 16.4. The molecule has 1 amide bonds. The van der Waals surface area contributed by atoms with E-state index in [2.05, 4.69) is 32.4 Å². The molecule has 3 aromatic rings. The van der Waals surface area contributed by atoms with Gasteiger partial charge in [0, 0.05) is 37.2 Å². The number of aromatic nitrogens is 3. The lowest BCUT2D eigenvalue weighted by molar-refractivity contribution is 0.102. The van der Waals surface area contributed by atoms with Gasteiger partial charge in [-0.2, -0.15) is 5.10 Å². The summed E-state index contributed by atoms with van der Waals surface area (Å²) in [6.45, 7) is 2.27. The molecular weight excluding hydrogens is 362 g/mol. The molecular formula is C23H25N5O. The van der Waals surface area contributed by atoms with Crippen molar-refractivity contribution in [3.05, 3.63) is 71.8 Å². The Morgan fingerprint density at radius 3 is 2.62 bits per heavy atom. The molecule has 1 aromatic carbocycles. The Hall–Kier alpha value is -2.99. The molecule has 29 heavy (non-hydrogen) atoms. The van der Waals surface area contributed by atoms with Gasteiger partial charge in [-0.05, 0) is 67.1 Å². The van der Waals surface area contributed by atoms with Crippen molar-refractivity contribution in [3.63, 3.8) is 0 Å². The van der Waals surface area contributed by atoms with Gasteiger partial charge in [0.15, 0.2) is 0 Å². The summed E-state index contributed by atoms with van der Waals surface area (Å²) in [5, 5.41) is 7.18. The Morgan fingerprint density at radius 1 is 1.07 bits per heavy atom. The molecule has 0 unspecified atom stereocenters. The van der Waals surface area contributed by atoms with Crippen molar-refractivity contribution in [2.24, 2.45) is 0 Å². The summed E-state index contributed by atoms with van der Waals surface area (Å²) in [6.07, 6.45) is 11.4. The van der Waals surface area contributed by atoms with Crippen LogP contribution in [-0.4, -0.2) is 44.7 Å². The number of pyridine rings is 1. The molecule has 6 heteroatoms. The van der Waals surface area contributed by atoms with Crippen LogP contribution in [0, 0.1) is 0 Å². The fourth-order valence-corrected chi connectivity index (χ4v) is 4.21. The van der Waals surface area contributed by atoms with Crippen molar-refractivity contribution in [1.29, 1.82) is 0 Å². The van der Waals surface area contributed by atoms with Gasteiger partial charge in [-0.25, -0.2) is 9.67 Å². The molecule has 0 radical (unpaired) electrons. The summed E-state index contributed by atoms with van der Waals surface area (Å²) >= 11 is 0. The van der Waals surface area contributed by atoms with Crippen molar-refractivity contribution in [1.82, 2.24) is 19.7 Å². The first-order chi connectivity index (χ1) is 14.3. The maximum atomic E-state index is 12.6. The lowest BCUT2D eigenvalue weighted by Gasteiger charge is -2.36. The number of rotatable bonds is 4. The van der Waals surface area contributed by atoms with Crippen LogP contribution in [0.25, 0.3) is 5.69 Å². The third-order valence-electron chi connectivity index (χ3n) is 6.14. The van der Waals surface area contributed by atoms with Crippen LogP contribution >= 0.6 is 0 Å². The zero-order valence-corrected chi connectivity index (χ0v) is 16.4. The number of hydrogen-bond donors (Lipinski definition) is 1. The topological polar surface area (TPSA) is 63.1 Å². The van der Waals surface area contributed by atoms with Crippen molar-refractivity contribution >= 4 is 11.6 Å². The number of nitrogens with one attached hydrogen (secondary N) is 1. The highest BCUT2D eigenvalue weighted by molar-refractivity contribution is 6.02. The van der Waals surface area contributed by atoms with Crippen LogP contribution in [0.4, 0.5) is 5.69 Å². The summed E-state index contributed by atoms with van der Waals surface area (Å²) in [6, 6.07) is 12.5. The first-order valence-corrected chi connectivity index (χ1v) is 10.4. The minimum atomic E-state index is -0.193. The van der Waals surface area contributed by atoms with E-state index in [0.29, 0.717) is 5.69 Å². The molecule has 6 nitrogen and oxygen atoms in total. The Labute approximate surface area is 170 Å². The summed E-state index contributed by atoms with van der Waals surface area (Å²) in [5.41, 5.74) is 4.82. The maximum Gasteiger partial charge on any atom is 0.274 e. The Morgan fingerprint density at radius 2 is 1.93 bits per heavy atom. The maximum absolute atomic E-state index is 12.6. The quantitative estimate of drug-likeness (QED) is 0.745. The monoisotopic (exact) mass is 387 g/mol. The summed E-state index contributed by atoms with van der Waals surface area (Å²) in [4.78, 5) is 19.6. The van der Waals surface area contributed by atoms with Crippen LogP contribution in [0.2, 0.25) is 0 Å². The average Bonchev–Trinajstić information content (AvgIpc) is 3.17. The van der Waals surface area contributed by atoms with Crippen molar-refractivity contribution in [3.8, 4) is 5.69 Å². The summed E-state index contributed by atoms with van der Waals surface area (Å²) in [7, 11) is 0. The van der Waals surface area contributed by atoms with Crippen LogP contribution < -0.4 is 5.32 Å². The van der Waals surface area contributed by atoms with Gasteiger partial charge in [0.05, 0.1) is 11.9 Å². The number of amides is 1. The number of carbonyl (C=O) groups is 1. The fraction of sp³-hybridized carbons (Fsp3) is 0.348. The Balaban J connectivity index is 1.26. The number of nitrogens with zero attached hydrogens (tertiary/aromatic N) is 4. The molecule has 0 saturated heterocycles. The molecule has 3 heterocycles. The van der Waals surface area contributed by atoms with Crippen molar-refractivity contribution < 1.29 is 4.79 Å². The van der Waals surface area contributed by atoms with E-state index in [-0.39, 0.29) is 5.91 Å². The van der Waals surface area contributed by atoms with E-state index < -0.39 is 0 Å². The van der Waals surface area contributed by atoms with Crippen LogP contribution in [0.1, 0.15) is 40.9 Å². The highest BCUT2D eigenvalue weighted by Crippen LogP contribution is 2.28. The number of fused-ring (bicyclic) bond motifs is 1. The van der Waals surface area contributed by atoms with E-state index in [0.717, 1.165) is 43.3 Å². The molecule has 1 aliphatic carbocycles. The van der Waals surface area contributed by atoms with Gasteiger partial charge in [-0.3, -0.25) is 9.69 Å². The van der Waals surface area contributed by atoms with E-state index in [1.165, 1.54) is 30.4 Å². The number of carbonyl (C=O) groups excluding carboxylic acids is 1. The molecule has 148 valence electrons. The molecule has 5 rings (SSSR count). The highest BCUT2D eigenvalue weighted by Gasteiger charge is 2.26. The minimum absolute atomic E-state index is 0.193. The smallest absolute Gasteiger partial charge is 0.274 e. The van der Waals surface area contributed by atoms with E-state index in [4.69, 9.17) is 0 Å². The Bertz CT molecular complexity index is 993. The SMILES string of the molecule is O=C(Nc1ccc2c(c1)CCN(C1CCC1)CC2)c1ccc(-n2cccn2)cn1. The van der Waals surface area contributed by atoms with Crippen LogP contribution in [0.3, 0.4) is 0 Å². The van der Waals surface area contributed by atoms with Gasteiger partial charge in [0.1, 0.15) is 5.69 Å². The second-order valence-corrected chi connectivity index (χ2v) is 7.91. The second-order valence-electron chi connectivity index (χ2n) is 7.91. The molecule has 2 aromatic heterocycles. The molecule has 1 saturated carbocycles. The lowest BCUT2D eigenvalue weighted by atomic mass is 9.91. The molecule has 0 atom stereocenters. The van der Waals surface area contributed by atoms with E-state index >= 15 is 0 Å². The van der Waals surface area contributed by atoms with Crippen molar-refractivity contribution in [2.75, 3.05) is 18.4 Å². The molecule has 0 bridgehead atoms. The largest absolute Gasteiger partial charge is 0.321 e. The van der Waals surface area contributed by atoms with Gasteiger partial charge >= 0.3 is 0 Å². The molecule has 1 aliphatic heterocycles. The standard InChI is InChI=1S/C23H25N5O/c29-23(22-8-7-21(16-24-22)28-12-2-11-25-28)26-19-6-5-17-9-13-27(20-3-1-4-20)14-10-18(17)15-19/h2,5-8,11-12,15-16,20H,1,3-4,9-10,13-14H2,(H,26,29). The van der Waals surface area contributed by atoms with Gasteiger partial charge in [0.2, 0.25) is 0 Å². The van der Waals surface area contributed by atoms with E-state index in [1.807, 2.05) is 24.4 Å². The van der Waals surface area contributed by atoms with Crippen molar-refractivity contribution in [2.45, 2.75) is 38.1 Å². The van der Waals surface area contributed by atoms with Gasteiger partial charge in [-0.1, -0.05) is 12.5 Å². The third kappa shape index (κ3) is 3.80. The summed E-state index contributed by atoms with van der Waals surface area (Å²) in [5.74, 6) is -0.193. The molecule has 2 aliphatic rings. The molecule has 0 spiro atoms. The first-order valence-electron chi connectivity index (χ1n) is 10.4. The average molecular weight is 387 g/mol. The van der Waals surface area contributed by atoms with Gasteiger partial charge in [0.25, 0.3) is 5.91 Å². The van der Waals surface area contributed by atoms with Crippen LogP contribution in [-0.2, 0) is 12.8 Å². The van der Waals surface area contributed by atoms with E-state index in [1.54, 1.807) is 23.1 Å². The van der Waals surface area contributed by atoms with Crippen LogP contribution in [0.5, 0.6) is 0 Å². The predicted molar refractivity (Wildman–Crippen MR) is 112 cm³/mol. The Kier molecular flexibility index (Phi) is 4.86. The number of hydrogen-bond acceptors (Lipinski definition) is 4. The molecule has 1 fully saturated rings. The van der Waals surface area contributed by atoms with Gasteiger partial charge in [-0.15, -0.1) is 0 Å². The third-order valence-corrected chi connectivity index (χ3v) is 6.14. The van der Waals surface area contributed by atoms with Crippen LogP contribution in [0.15, 0.2) is 55.0 Å². The lowest BCUT2D eigenvalue weighted by Crippen LogP contribution is -2.41. The van der Waals surface area contributed by atoms with E-state index in [9.17, 15) is 4.79 Å². The minimum Gasteiger partial charge on any atom is -0.321 e. The van der Waals surface area contributed by atoms with Gasteiger partial charge < -0.3 is 5.32 Å². The molecule has 1 N–H and O–H groups in total. The highest BCUT2D eigenvalue weighted by atomic mass is 16.1. The fourth-order valence-electron chi connectivity index (χ4n) is 4.21. The second kappa shape index (κ2) is 7.79. The number of benzene rings is 1. The zero-order chi connectivity index (χ0) is 19.6. The normalized spacial score (nSPS) is 17.2. The summed E-state index contributed by atoms with van der Waals surface area (Å²) < 4.78 is 1.72. The number of anilines is 1.